The van der Waals surface area contributed by atoms with Crippen LogP contribution in [-0.2, 0) is 16.6 Å². The zero-order valence-corrected chi connectivity index (χ0v) is 20.9. The molecule has 34 heavy (non-hydrogen) atoms. The molecule has 1 aliphatic rings. The van der Waals surface area contributed by atoms with Gasteiger partial charge in [0.15, 0.2) is 0 Å². The van der Waals surface area contributed by atoms with Gasteiger partial charge >= 0.3 is 6.09 Å². The molecule has 3 rings (SSSR count). The molecule has 10 heteroatoms. The molecule has 2 aromatic carbocycles. The third-order valence-electron chi connectivity index (χ3n) is 5.39. The summed E-state index contributed by atoms with van der Waals surface area (Å²) in [5.74, 6) is 6.92. The lowest BCUT2D eigenvalue weighted by Crippen LogP contribution is -2.46. The molecule has 1 saturated heterocycles. The normalized spacial score (nSPS) is 14.3. The minimum absolute atomic E-state index is 0. The molecule has 1 heterocycles. The van der Waals surface area contributed by atoms with E-state index in [1.165, 1.54) is 4.90 Å². The molecule has 0 aliphatic carbocycles. The molecule has 0 unspecified atom stereocenters. The van der Waals surface area contributed by atoms with Crippen molar-refractivity contribution in [2.24, 2.45) is 0 Å². The summed E-state index contributed by atoms with van der Waals surface area (Å²) < 4.78 is 30.8. The Morgan fingerprint density at radius 2 is 1.68 bits per heavy atom. The van der Waals surface area contributed by atoms with Crippen LogP contribution in [0, 0.1) is 11.8 Å². The monoisotopic (exact) mass is 507 g/mol. The van der Waals surface area contributed by atoms with Gasteiger partial charge in [0, 0.05) is 31.4 Å². The van der Waals surface area contributed by atoms with Crippen LogP contribution in [0.15, 0.2) is 48.5 Å². The van der Waals surface area contributed by atoms with Gasteiger partial charge in [-0.2, -0.15) is 0 Å². The first kappa shape index (κ1) is 27.3. The Kier molecular flexibility index (Phi) is 10.1. The average molecular weight is 508 g/mol. The number of sulfonamides is 1. The highest BCUT2D eigenvalue weighted by molar-refractivity contribution is 7.92. The van der Waals surface area contributed by atoms with Crippen LogP contribution in [-0.4, -0.2) is 61.3 Å². The van der Waals surface area contributed by atoms with E-state index in [4.69, 9.17) is 4.74 Å². The van der Waals surface area contributed by atoms with E-state index in [0.29, 0.717) is 17.2 Å². The van der Waals surface area contributed by atoms with Crippen LogP contribution in [0.1, 0.15) is 25.3 Å². The van der Waals surface area contributed by atoms with E-state index in [0.717, 1.165) is 44.3 Å². The minimum atomic E-state index is -3.31. The van der Waals surface area contributed by atoms with E-state index in [1.807, 2.05) is 24.3 Å². The average Bonchev–Trinajstić information content (AvgIpc) is 2.77. The molecule has 0 saturated carbocycles. The molecule has 1 aliphatic heterocycles. The number of amides is 1. The first-order chi connectivity index (χ1) is 15.7. The molecule has 2 aromatic rings. The van der Waals surface area contributed by atoms with Crippen LogP contribution in [0.5, 0.6) is 11.5 Å². The summed E-state index contributed by atoms with van der Waals surface area (Å²) >= 11 is 0. The van der Waals surface area contributed by atoms with Gasteiger partial charge < -0.3 is 9.84 Å². The van der Waals surface area contributed by atoms with Crippen molar-refractivity contribution in [2.45, 2.75) is 32.4 Å². The quantitative estimate of drug-likeness (QED) is 0.518. The molecule has 0 bridgehead atoms. The number of carboxylic acid groups (broad SMARTS) is 1. The summed E-state index contributed by atoms with van der Waals surface area (Å²) in [5.41, 5.74) is 1.63. The van der Waals surface area contributed by atoms with E-state index in [2.05, 4.69) is 21.5 Å². The van der Waals surface area contributed by atoms with Crippen molar-refractivity contribution in [1.82, 2.24) is 9.80 Å². The Labute approximate surface area is 207 Å². The van der Waals surface area contributed by atoms with E-state index in [1.54, 1.807) is 31.2 Å². The zero-order chi connectivity index (χ0) is 23.8. The molecule has 0 radical (unpaired) electrons. The highest BCUT2D eigenvalue weighted by Gasteiger charge is 2.27. The lowest BCUT2D eigenvalue weighted by atomic mass is 10.0. The molecular weight excluding hydrogens is 478 g/mol. The molecule has 1 amide bonds. The second-order valence-corrected chi connectivity index (χ2v) is 9.74. The fraction of sp³-hybridized carbons (Fsp3) is 0.375. The van der Waals surface area contributed by atoms with E-state index < -0.39 is 16.1 Å². The number of likely N-dealkylation sites (tertiary alicyclic amines) is 1. The highest BCUT2D eigenvalue weighted by Crippen LogP contribution is 2.25. The number of ether oxygens (including phenoxy) is 1. The summed E-state index contributed by atoms with van der Waals surface area (Å²) in [5, 5.41) is 9.45. The van der Waals surface area contributed by atoms with E-state index >= 15 is 0 Å². The minimum Gasteiger partial charge on any atom is -0.465 e. The Bertz CT molecular complexity index is 1100. The number of nitrogens with one attached hydrogen (secondary N) is 1. The van der Waals surface area contributed by atoms with Gasteiger partial charge in [0.1, 0.15) is 11.5 Å². The van der Waals surface area contributed by atoms with Gasteiger partial charge in [0.2, 0.25) is 10.0 Å². The smallest absolute Gasteiger partial charge is 0.408 e. The standard InChI is InChI=1S/C24H29N3O5S.ClH/c1-3-4-15-27(24(28)29)21-13-16-26(17-14-21)18-19-5-9-22(10-6-19)32-23-11-7-20(8-12-23)25-33(2,30)31;/h5-12,21,25H,13-18H2,1-2H3,(H,28,29);1H. The first-order valence-corrected chi connectivity index (χ1v) is 12.6. The van der Waals surface area contributed by atoms with Crippen LogP contribution in [0.25, 0.3) is 0 Å². The maximum Gasteiger partial charge on any atom is 0.408 e. The number of nitrogens with zero attached hydrogens (tertiary/aromatic N) is 2. The summed E-state index contributed by atoms with van der Waals surface area (Å²) in [4.78, 5) is 15.3. The first-order valence-electron chi connectivity index (χ1n) is 10.7. The van der Waals surface area contributed by atoms with Crippen molar-refractivity contribution in [3.05, 3.63) is 54.1 Å². The molecule has 184 valence electrons. The SMILES string of the molecule is CC#CCN(C(=O)O)C1CCN(Cc2ccc(Oc3ccc(NS(C)(=O)=O)cc3)cc2)CC1.Cl. The third-order valence-corrected chi connectivity index (χ3v) is 6.00. The Morgan fingerprint density at radius 3 is 2.18 bits per heavy atom. The maximum absolute atomic E-state index is 11.5. The Hall–Kier alpha value is -2.93. The topological polar surface area (TPSA) is 99.2 Å². The predicted octanol–water partition coefficient (Wildman–Crippen LogP) is 4.24. The molecule has 0 atom stereocenters. The van der Waals surface area contributed by atoms with Crippen molar-refractivity contribution in [1.29, 1.82) is 0 Å². The van der Waals surface area contributed by atoms with Crippen LogP contribution < -0.4 is 9.46 Å². The second-order valence-electron chi connectivity index (χ2n) is 7.99. The number of benzene rings is 2. The van der Waals surface area contributed by atoms with Gasteiger partial charge in [-0.25, -0.2) is 13.2 Å². The van der Waals surface area contributed by atoms with Crippen molar-refractivity contribution < 1.29 is 23.1 Å². The molecule has 1 fully saturated rings. The number of hydrogen-bond acceptors (Lipinski definition) is 5. The number of hydrogen-bond donors (Lipinski definition) is 2. The van der Waals surface area contributed by atoms with Gasteiger partial charge in [-0.3, -0.25) is 14.5 Å². The maximum atomic E-state index is 11.5. The summed E-state index contributed by atoms with van der Waals surface area (Å²) in [6.07, 6.45) is 1.79. The number of rotatable bonds is 8. The fourth-order valence-corrected chi connectivity index (χ4v) is 4.33. The van der Waals surface area contributed by atoms with Crippen molar-refractivity contribution >= 4 is 34.2 Å². The molecule has 2 N–H and O–H groups in total. The van der Waals surface area contributed by atoms with Crippen LogP contribution in [0.3, 0.4) is 0 Å². The van der Waals surface area contributed by atoms with Crippen molar-refractivity contribution in [2.75, 3.05) is 30.6 Å². The van der Waals surface area contributed by atoms with Gasteiger partial charge in [-0.05, 0) is 61.7 Å². The van der Waals surface area contributed by atoms with Crippen molar-refractivity contribution in [3.8, 4) is 23.3 Å². The lowest BCUT2D eigenvalue weighted by molar-refractivity contribution is 0.0961. The lowest BCUT2D eigenvalue weighted by Gasteiger charge is -2.36. The predicted molar refractivity (Wildman–Crippen MR) is 135 cm³/mol. The molecule has 8 nitrogen and oxygen atoms in total. The van der Waals surface area contributed by atoms with Gasteiger partial charge in [-0.1, -0.05) is 18.1 Å². The fourth-order valence-electron chi connectivity index (χ4n) is 3.77. The Morgan fingerprint density at radius 1 is 1.12 bits per heavy atom. The van der Waals surface area contributed by atoms with Crippen LogP contribution >= 0.6 is 12.4 Å². The summed E-state index contributed by atoms with van der Waals surface area (Å²) in [7, 11) is -3.31. The summed E-state index contributed by atoms with van der Waals surface area (Å²) in [6.45, 7) is 4.43. The van der Waals surface area contributed by atoms with E-state index in [-0.39, 0.29) is 25.0 Å². The van der Waals surface area contributed by atoms with E-state index in [9.17, 15) is 18.3 Å². The number of halogens is 1. The van der Waals surface area contributed by atoms with Gasteiger partial charge in [-0.15, -0.1) is 18.3 Å². The van der Waals surface area contributed by atoms with Gasteiger partial charge in [0.25, 0.3) is 0 Å². The molecule has 0 aromatic heterocycles. The second kappa shape index (κ2) is 12.5. The molecular formula is C24H30ClN3O5S. The number of carbonyl (C=O) groups is 1. The van der Waals surface area contributed by atoms with Gasteiger partial charge in [0.05, 0.1) is 12.8 Å². The highest BCUT2D eigenvalue weighted by atomic mass is 35.5. The van der Waals surface area contributed by atoms with Crippen molar-refractivity contribution in [3.63, 3.8) is 0 Å². The largest absolute Gasteiger partial charge is 0.465 e. The molecule has 0 spiro atoms. The van der Waals surface area contributed by atoms with Crippen LogP contribution in [0.4, 0.5) is 10.5 Å². The number of anilines is 1. The summed E-state index contributed by atoms with van der Waals surface area (Å²) in [6, 6.07) is 14.6. The van der Waals surface area contributed by atoms with Crippen LogP contribution in [0.2, 0.25) is 0 Å². The third kappa shape index (κ3) is 8.45. The zero-order valence-electron chi connectivity index (χ0n) is 19.2. The number of piperidine rings is 1. The Balaban J connectivity index is 0.00000408.